The molecule has 1 saturated heterocycles. The number of nitrogens with one attached hydrogen (secondary N) is 1. The Hall–Kier alpha value is -2.97. The van der Waals surface area contributed by atoms with Crippen LogP contribution in [0.15, 0.2) is 41.2 Å². The van der Waals surface area contributed by atoms with Crippen molar-refractivity contribution in [3.05, 3.63) is 52.4 Å². The highest BCUT2D eigenvalue weighted by atomic mass is 16.5. The fourth-order valence-electron chi connectivity index (χ4n) is 4.75. The summed E-state index contributed by atoms with van der Waals surface area (Å²) >= 11 is 0. The van der Waals surface area contributed by atoms with Gasteiger partial charge >= 0.3 is 5.69 Å². The molecule has 8 nitrogen and oxygen atoms in total. The van der Waals surface area contributed by atoms with Crippen LogP contribution < -0.4 is 19.9 Å². The van der Waals surface area contributed by atoms with Crippen molar-refractivity contribution in [3.8, 4) is 17.2 Å². The number of aromatic nitrogens is 2. The molecule has 1 fully saturated rings. The van der Waals surface area contributed by atoms with Gasteiger partial charge in [-0.15, -0.1) is 0 Å². The van der Waals surface area contributed by atoms with Gasteiger partial charge in [-0.2, -0.15) is 0 Å². The van der Waals surface area contributed by atoms with Crippen LogP contribution in [0.1, 0.15) is 37.5 Å². The largest absolute Gasteiger partial charge is 0.493 e. The maximum atomic E-state index is 12.7. The average Bonchev–Trinajstić information content (AvgIpc) is 3.17. The first-order valence-corrected chi connectivity index (χ1v) is 10.9. The molecule has 3 unspecified atom stereocenters. The molecule has 4 rings (SSSR count). The number of nitrogens with zero attached hydrogens (tertiary/aromatic N) is 2. The molecular weight excluding hydrogens is 410 g/mol. The van der Waals surface area contributed by atoms with Crippen molar-refractivity contribution in [2.45, 2.75) is 38.0 Å². The van der Waals surface area contributed by atoms with E-state index >= 15 is 0 Å². The lowest BCUT2D eigenvalue weighted by Gasteiger charge is -2.39. The van der Waals surface area contributed by atoms with Gasteiger partial charge in [-0.1, -0.05) is 12.1 Å². The zero-order valence-corrected chi connectivity index (χ0v) is 19.0. The standard InChI is InChI=1S/C24H31N3O5/c1-15(22(28)16-12-20(30-2)23(32-4)21(13-16)31-3)26-11-7-8-17(14-26)27-19-10-6-5-9-18(19)25-24(27)29/h5-6,9-10,12-13,15,17,22,28H,7-8,11,14H2,1-4H3,(H,25,29). The van der Waals surface area contributed by atoms with Crippen LogP contribution in [0.2, 0.25) is 0 Å². The Labute approximate surface area is 187 Å². The molecule has 0 radical (unpaired) electrons. The van der Waals surface area contributed by atoms with Crippen molar-refractivity contribution in [1.29, 1.82) is 0 Å². The van der Waals surface area contributed by atoms with Crippen molar-refractivity contribution in [2.75, 3.05) is 34.4 Å². The third kappa shape index (κ3) is 3.96. The Bertz CT molecular complexity index is 1110. The van der Waals surface area contributed by atoms with Gasteiger partial charge in [0.1, 0.15) is 0 Å². The topological polar surface area (TPSA) is 89.0 Å². The first-order chi connectivity index (χ1) is 15.5. The molecule has 0 saturated carbocycles. The number of H-pyrrole nitrogens is 1. The fraction of sp³-hybridized carbons (Fsp3) is 0.458. The fourth-order valence-corrected chi connectivity index (χ4v) is 4.75. The lowest BCUT2D eigenvalue weighted by atomic mass is 9.97. The van der Waals surface area contributed by atoms with Crippen LogP contribution in [0.5, 0.6) is 17.2 Å². The van der Waals surface area contributed by atoms with Crippen molar-refractivity contribution < 1.29 is 19.3 Å². The number of hydrogen-bond donors (Lipinski definition) is 2. The number of aliphatic hydroxyl groups is 1. The number of piperidine rings is 1. The van der Waals surface area contributed by atoms with Gasteiger partial charge < -0.3 is 24.3 Å². The van der Waals surface area contributed by atoms with Gasteiger partial charge in [0, 0.05) is 12.6 Å². The Morgan fingerprint density at radius 1 is 1.09 bits per heavy atom. The lowest BCUT2D eigenvalue weighted by Crippen LogP contribution is -2.45. The van der Waals surface area contributed by atoms with E-state index in [4.69, 9.17) is 14.2 Å². The van der Waals surface area contributed by atoms with Crippen LogP contribution in [0.3, 0.4) is 0 Å². The molecule has 0 aliphatic carbocycles. The molecule has 32 heavy (non-hydrogen) atoms. The van der Waals surface area contributed by atoms with Crippen molar-refractivity contribution in [1.82, 2.24) is 14.5 Å². The van der Waals surface area contributed by atoms with Crippen LogP contribution in [0, 0.1) is 0 Å². The highest BCUT2D eigenvalue weighted by molar-refractivity contribution is 5.75. The summed E-state index contributed by atoms with van der Waals surface area (Å²) in [4.78, 5) is 17.9. The smallest absolute Gasteiger partial charge is 0.326 e. The summed E-state index contributed by atoms with van der Waals surface area (Å²) < 4.78 is 18.1. The molecular formula is C24H31N3O5. The molecule has 3 aromatic rings. The second-order valence-corrected chi connectivity index (χ2v) is 8.25. The quantitative estimate of drug-likeness (QED) is 0.586. The number of benzene rings is 2. The van der Waals surface area contributed by atoms with E-state index in [1.807, 2.05) is 35.8 Å². The van der Waals surface area contributed by atoms with E-state index in [0.29, 0.717) is 29.4 Å². The van der Waals surface area contributed by atoms with E-state index in [1.165, 1.54) is 0 Å². The van der Waals surface area contributed by atoms with Gasteiger partial charge in [0.15, 0.2) is 11.5 Å². The summed E-state index contributed by atoms with van der Waals surface area (Å²) in [5, 5.41) is 11.2. The minimum atomic E-state index is -0.762. The monoisotopic (exact) mass is 441 g/mol. The Morgan fingerprint density at radius 2 is 1.78 bits per heavy atom. The molecule has 0 amide bonds. The van der Waals surface area contributed by atoms with Crippen LogP contribution >= 0.6 is 0 Å². The van der Waals surface area contributed by atoms with Gasteiger partial charge in [0.25, 0.3) is 0 Å². The Balaban J connectivity index is 1.59. The number of hydrogen-bond acceptors (Lipinski definition) is 6. The van der Waals surface area contributed by atoms with Crippen molar-refractivity contribution in [2.24, 2.45) is 0 Å². The number of aliphatic hydroxyl groups excluding tert-OH is 1. The predicted octanol–water partition coefficient (Wildman–Crippen LogP) is 3.11. The van der Waals surface area contributed by atoms with E-state index < -0.39 is 6.10 Å². The third-order valence-electron chi connectivity index (χ3n) is 6.48. The molecule has 2 heterocycles. The first kappa shape index (κ1) is 22.2. The number of rotatable bonds is 7. The minimum absolute atomic E-state index is 0.0435. The molecule has 0 spiro atoms. The van der Waals surface area contributed by atoms with Crippen molar-refractivity contribution in [3.63, 3.8) is 0 Å². The number of para-hydroxylation sites is 2. The molecule has 172 valence electrons. The van der Waals surface area contributed by atoms with E-state index in [9.17, 15) is 9.90 Å². The summed E-state index contributed by atoms with van der Waals surface area (Å²) in [5.74, 6) is 1.51. The number of fused-ring (bicyclic) bond motifs is 1. The Morgan fingerprint density at radius 3 is 2.44 bits per heavy atom. The summed E-state index contributed by atoms with van der Waals surface area (Å²) in [7, 11) is 4.68. The predicted molar refractivity (Wildman–Crippen MR) is 123 cm³/mol. The van der Waals surface area contributed by atoms with Gasteiger partial charge in [0.2, 0.25) is 5.75 Å². The van der Waals surface area contributed by atoms with Gasteiger partial charge in [-0.25, -0.2) is 4.79 Å². The number of aromatic amines is 1. The highest BCUT2D eigenvalue weighted by Gasteiger charge is 2.31. The third-order valence-corrected chi connectivity index (χ3v) is 6.48. The van der Waals surface area contributed by atoms with Crippen LogP contribution in [0.4, 0.5) is 0 Å². The average molecular weight is 442 g/mol. The first-order valence-electron chi connectivity index (χ1n) is 10.9. The van der Waals surface area contributed by atoms with Gasteiger partial charge in [-0.3, -0.25) is 9.47 Å². The molecule has 1 aliphatic rings. The second-order valence-electron chi connectivity index (χ2n) is 8.25. The van der Waals surface area contributed by atoms with Crippen LogP contribution in [0.25, 0.3) is 11.0 Å². The molecule has 2 N–H and O–H groups in total. The highest BCUT2D eigenvalue weighted by Crippen LogP contribution is 2.41. The molecule has 2 aromatic carbocycles. The van der Waals surface area contributed by atoms with E-state index in [-0.39, 0.29) is 17.8 Å². The number of imidazole rings is 1. The number of methoxy groups -OCH3 is 3. The summed E-state index contributed by atoms with van der Waals surface area (Å²) in [5.41, 5.74) is 2.37. The summed E-state index contributed by atoms with van der Waals surface area (Å²) in [6.07, 6.45) is 1.11. The maximum Gasteiger partial charge on any atom is 0.326 e. The normalized spacial score (nSPS) is 19.0. The molecule has 0 bridgehead atoms. The molecule has 8 heteroatoms. The zero-order valence-electron chi connectivity index (χ0n) is 19.0. The minimum Gasteiger partial charge on any atom is -0.493 e. The Kier molecular flexibility index (Phi) is 6.43. The van der Waals surface area contributed by atoms with Crippen LogP contribution in [-0.4, -0.2) is 60.0 Å². The van der Waals surface area contributed by atoms with Gasteiger partial charge in [0.05, 0.1) is 44.5 Å². The lowest BCUT2D eigenvalue weighted by molar-refractivity contribution is 0.0343. The maximum absolute atomic E-state index is 12.7. The zero-order chi connectivity index (χ0) is 22.8. The van der Waals surface area contributed by atoms with E-state index in [1.54, 1.807) is 33.5 Å². The molecule has 3 atom stereocenters. The van der Waals surface area contributed by atoms with Gasteiger partial charge in [-0.05, 0) is 56.1 Å². The van der Waals surface area contributed by atoms with Crippen molar-refractivity contribution >= 4 is 11.0 Å². The second kappa shape index (κ2) is 9.26. The summed E-state index contributed by atoms with van der Waals surface area (Å²) in [6.45, 7) is 3.55. The number of ether oxygens (including phenoxy) is 3. The number of likely N-dealkylation sites (tertiary alicyclic amines) is 1. The molecule has 1 aliphatic heterocycles. The van der Waals surface area contributed by atoms with E-state index in [2.05, 4.69) is 9.88 Å². The van der Waals surface area contributed by atoms with Crippen LogP contribution in [-0.2, 0) is 0 Å². The molecule has 1 aromatic heterocycles. The van der Waals surface area contributed by atoms with E-state index in [0.717, 1.165) is 30.4 Å². The SMILES string of the molecule is COc1cc(C(O)C(C)N2CCCC(n3c(=O)[nH]c4ccccc43)C2)cc(OC)c1OC. The summed E-state index contributed by atoms with van der Waals surface area (Å²) in [6, 6.07) is 11.2.